The van der Waals surface area contributed by atoms with E-state index >= 15 is 0 Å². The molecule has 1 aromatic carbocycles. The van der Waals surface area contributed by atoms with Crippen LogP contribution in [0.3, 0.4) is 0 Å². The Morgan fingerprint density at radius 2 is 2.18 bits per heavy atom. The number of nitrogens with one attached hydrogen (secondary N) is 2. The molecular formula is C16H22ClN3O2. The van der Waals surface area contributed by atoms with Crippen LogP contribution in [0.5, 0.6) is 0 Å². The Morgan fingerprint density at radius 3 is 2.95 bits per heavy atom. The van der Waals surface area contributed by atoms with Crippen LogP contribution in [-0.4, -0.2) is 36.2 Å². The number of fused-ring (bicyclic) bond motifs is 1. The standard InChI is InChI=1S/C16H21N3O2.ClH/c17-9-12-5-6-15(21-12)16(20)18-8-7-11-10-19-14-4-2-1-3-13(11)14;/h1-4,10,12,15,19H,5-9,17H2,(H,18,20);1H/t12-,15+;/m1./s1. The lowest BCUT2D eigenvalue weighted by molar-refractivity contribution is -0.131. The molecule has 0 radical (unpaired) electrons. The van der Waals surface area contributed by atoms with Crippen molar-refractivity contribution in [1.29, 1.82) is 0 Å². The third-order valence-corrected chi connectivity index (χ3v) is 4.03. The van der Waals surface area contributed by atoms with Crippen LogP contribution in [0, 0.1) is 0 Å². The van der Waals surface area contributed by atoms with Gasteiger partial charge in [-0.3, -0.25) is 4.79 Å². The first-order valence-electron chi connectivity index (χ1n) is 7.46. The second kappa shape index (κ2) is 7.63. The highest BCUT2D eigenvalue weighted by molar-refractivity contribution is 5.85. The van der Waals surface area contributed by atoms with Crippen molar-refractivity contribution >= 4 is 29.2 Å². The van der Waals surface area contributed by atoms with E-state index in [1.54, 1.807) is 0 Å². The van der Waals surface area contributed by atoms with Crippen LogP contribution in [0.25, 0.3) is 10.9 Å². The van der Waals surface area contributed by atoms with Crippen LogP contribution in [0.2, 0.25) is 0 Å². The second-order valence-electron chi connectivity index (χ2n) is 5.46. The smallest absolute Gasteiger partial charge is 0.249 e. The number of benzene rings is 1. The molecule has 1 aromatic heterocycles. The SMILES string of the molecule is Cl.NC[C@H]1CC[C@@H](C(=O)NCCc2c[nH]c3ccccc23)O1. The summed E-state index contributed by atoms with van der Waals surface area (Å²) in [6, 6.07) is 8.18. The number of nitrogens with two attached hydrogens (primary N) is 1. The van der Waals surface area contributed by atoms with Crippen molar-refractivity contribution in [2.24, 2.45) is 5.73 Å². The molecule has 120 valence electrons. The van der Waals surface area contributed by atoms with E-state index in [4.69, 9.17) is 10.5 Å². The lowest BCUT2D eigenvalue weighted by Gasteiger charge is -2.12. The predicted octanol–water partition coefficient (Wildman–Crippen LogP) is 1.75. The summed E-state index contributed by atoms with van der Waals surface area (Å²) >= 11 is 0. The van der Waals surface area contributed by atoms with Crippen LogP contribution in [0.1, 0.15) is 18.4 Å². The molecule has 2 aromatic rings. The molecule has 1 amide bonds. The van der Waals surface area contributed by atoms with Gasteiger partial charge >= 0.3 is 0 Å². The first-order valence-corrected chi connectivity index (χ1v) is 7.46. The molecule has 0 spiro atoms. The van der Waals surface area contributed by atoms with Gasteiger partial charge < -0.3 is 20.8 Å². The van der Waals surface area contributed by atoms with Crippen LogP contribution in [0.4, 0.5) is 0 Å². The zero-order chi connectivity index (χ0) is 14.7. The van der Waals surface area contributed by atoms with E-state index in [-0.39, 0.29) is 30.5 Å². The highest BCUT2D eigenvalue weighted by Gasteiger charge is 2.29. The fourth-order valence-electron chi connectivity index (χ4n) is 2.84. The maximum absolute atomic E-state index is 12.0. The van der Waals surface area contributed by atoms with E-state index in [1.165, 1.54) is 10.9 Å². The summed E-state index contributed by atoms with van der Waals surface area (Å²) in [5, 5.41) is 4.17. The van der Waals surface area contributed by atoms with Gasteiger partial charge in [0.05, 0.1) is 6.10 Å². The third-order valence-electron chi connectivity index (χ3n) is 4.03. The van der Waals surface area contributed by atoms with Crippen molar-refractivity contribution in [3.8, 4) is 0 Å². The summed E-state index contributed by atoms with van der Waals surface area (Å²) in [6.07, 6.45) is 4.16. The summed E-state index contributed by atoms with van der Waals surface area (Å²) < 4.78 is 5.59. The molecule has 6 heteroatoms. The monoisotopic (exact) mass is 323 g/mol. The Labute approximate surface area is 136 Å². The fourth-order valence-corrected chi connectivity index (χ4v) is 2.84. The number of carbonyl (C=O) groups excluding carboxylic acids is 1. The Morgan fingerprint density at radius 1 is 1.36 bits per heavy atom. The third kappa shape index (κ3) is 3.61. The second-order valence-corrected chi connectivity index (χ2v) is 5.46. The maximum Gasteiger partial charge on any atom is 0.249 e. The Hall–Kier alpha value is -1.56. The average molecular weight is 324 g/mol. The Kier molecular flexibility index (Phi) is 5.83. The summed E-state index contributed by atoms with van der Waals surface area (Å²) in [5.41, 5.74) is 7.90. The van der Waals surface area contributed by atoms with Gasteiger partial charge in [0, 0.05) is 30.2 Å². The van der Waals surface area contributed by atoms with Crippen molar-refractivity contribution in [3.05, 3.63) is 36.0 Å². The van der Waals surface area contributed by atoms with Crippen LogP contribution in [-0.2, 0) is 16.0 Å². The first-order chi connectivity index (χ1) is 10.3. The molecule has 3 rings (SSSR count). The number of halogens is 1. The lowest BCUT2D eigenvalue weighted by Crippen LogP contribution is -2.36. The van der Waals surface area contributed by atoms with Gasteiger partial charge in [-0.2, -0.15) is 0 Å². The highest BCUT2D eigenvalue weighted by Crippen LogP contribution is 2.19. The largest absolute Gasteiger partial charge is 0.364 e. The van der Waals surface area contributed by atoms with E-state index in [0.29, 0.717) is 13.1 Å². The molecule has 1 aliphatic rings. The molecule has 2 heterocycles. The topological polar surface area (TPSA) is 80.1 Å². The van der Waals surface area contributed by atoms with Crippen molar-refractivity contribution in [3.63, 3.8) is 0 Å². The van der Waals surface area contributed by atoms with Gasteiger partial charge in [-0.05, 0) is 30.9 Å². The minimum atomic E-state index is -0.332. The fraction of sp³-hybridized carbons (Fsp3) is 0.438. The molecule has 0 unspecified atom stereocenters. The molecule has 22 heavy (non-hydrogen) atoms. The molecule has 4 N–H and O–H groups in total. The zero-order valence-electron chi connectivity index (χ0n) is 12.4. The molecule has 2 atom stereocenters. The van der Waals surface area contributed by atoms with E-state index in [0.717, 1.165) is 24.8 Å². The minimum absolute atomic E-state index is 0. The molecule has 0 aliphatic carbocycles. The van der Waals surface area contributed by atoms with E-state index in [2.05, 4.69) is 22.4 Å². The first kappa shape index (κ1) is 16.8. The molecule has 1 fully saturated rings. The molecule has 1 aliphatic heterocycles. The number of rotatable bonds is 5. The van der Waals surface area contributed by atoms with Gasteiger partial charge in [0.25, 0.3) is 0 Å². The molecule has 0 bridgehead atoms. The van der Waals surface area contributed by atoms with Crippen LogP contribution in [0.15, 0.2) is 30.5 Å². The number of H-pyrrole nitrogens is 1. The number of hydrogen-bond acceptors (Lipinski definition) is 3. The predicted molar refractivity (Wildman–Crippen MR) is 89.2 cm³/mol. The number of hydrogen-bond donors (Lipinski definition) is 3. The zero-order valence-corrected chi connectivity index (χ0v) is 13.2. The summed E-state index contributed by atoms with van der Waals surface area (Å²) in [6.45, 7) is 1.10. The van der Waals surface area contributed by atoms with E-state index in [9.17, 15) is 4.79 Å². The van der Waals surface area contributed by atoms with Gasteiger partial charge in [-0.25, -0.2) is 0 Å². The molecular weight excluding hydrogens is 302 g/mol. The van der Waals surface area contributed by atoms with Gasteiger partial charge in [0.2, 0.25) is 5.91 Å². The number of ether oxygens (including phenoxy) is 1. The molecule has 5 nitrogen and oxygen atoms in total. The number of para-hydroxylation sites is 1. The number of aromatic amines is 1. The van der Waals surface area contributed by atoms with Gasteiger partial charge in [-0.15, -0.1) is 12.4 Å². The maximum atomic E-state index is 12.0. The highest BCUT2D eigenvalue weighted by atomic mass is 35.5. The van der Waals surface area contributed by atoms with Crippen molar-refractivity contribution in [1.82, 2.24) is 10.3 Å². The van der Waals surface area contributed by atoms with Gasteiger partial charge in [0.15, 0.2) is 0 Å². The number of aromatic nitrogens is 1. The minimum Gasteiger partial charge on any atom is -0.364 e. The van der Waals surface area contributed by atoms with Gasteiger partial charge in [-0.1, -0.05) is 18.2 Å². The quantitative estimate of drug-likeness (QED) is 0.784. The van der Waals surface area contributed by atoms with Gasteiger partial charge in [0.1, 0.15) is 6.10 Å². The molecule has 1 saturated heterocycles. The van der Waals surface area contributed by atoms with Crippen LogP contribution < -0.4 is 11.1 Å². The van der Waals surface area contributed by atoms with Crippen molar-refractivity contribution in [2.45, 2.75) is 31.5 Å². The normalized spacial score (nSPS) is 20.8. The number of carbonyl (C=O) groups is 1. The van der Waals surface area contributed by atoms with E-state index in [1.807, 2.05) is 18.3 Å². The summed E-state index contributed by atoms with van der Waals surface area (Å²) in [5.74, 6) is -0.0224. The Balaban J connectivity index is 0.00000176. The Bertz CT molecular complexity index is 629. The summed E-state index contributed by atoms with van der Waals surface area (Å²) in [4.78, 5) is 15.3. The number of amides is 1. The summed E-state index contributed by atoms with van der Waals surface area (Å²) in [7, 11) is 0. The molecule has 0 saturated carbocycles. The lowest BCUT2D eigenvalue weighted by atomic mass is 10.1. The van der Waals surface area contributed by atoms with Crippen LogP contribution >= 0.6 is 12.4 Å². The van der Waals surface area contributed by atoms with E-state index < -0.39 is 0 Å². The van der Waals surface area contributed by atoms with Crippen molar-refractivity contribution in [2.75, 3.05) is 13.1 Å². The van der Waals surface area contributed by atoms with Crippen molar-refractivity contribution < 1.29 is 9.53 Å². The average Bonchev–Trinajstić information content (AvgIpc) is 3.14.